The number of carbonyl (C=O) groups excluding carboxylic acids is 2. The van der Waals surface area contributed by atoms with Gasteiger partial charge in [0.25, 0.3) is 0 Å². The molecule has 0 unspecified atom stereocenters. The number of hydrogen-bond donors (Lipinski definition) is 2. The van der Waals surface area contributed by atoms with Crippen LogP contribution in [-0.4, -0.2) is 89.4 Å². The Bertz CT molecular complexity index is 868. The molecule has 3 aliphatic rings. The molecule has 2 amide bonds. The van der Waals surface area contributed by atoms with Gasteiger partial charge in [0.1, 0.15) is 11.5 Å². The van der Waals surface area contributed by atoms with E-state index < -0.39 is 11.7 Å². The van der Waals surface area contributed by atoms with Gasteiger partial charge in [-0.1, -0.05) is 25.7 Å². The minimum Gasteiger partial charge on any atom is -0.378 e. The fourth-order valence-electron chi connectivity index (χ4n) is 5.36. The van der Waals surface area contributed by atoms with Crippen LogP contribution in [0.2, 0.25) is 0 Å². The predicted molar refractivity (Wildman–Crippen MR) is 122 cm³/mol. The molecule has 2 saturated heterocycles. The van der Waals surface area contributed by atoms with E-state index in [0.717, 1.165) is 45.4 Å². The smallest absolute Gasteiger partial charge is 0.233 e. The molecule has 2 aliphatic heterocycles. The van der Waals surface area contributed by atoms with E-state index in [-0.39, 0.29) is 36.6 Å². The van der Waals surface area contributed by atoms with Crippen molar-refractivity contribution in [2.75, 3.05) is 50.8 Å². The van der Waals surface area contributed by atoms with Crippen molar-refractivity contribution in [3.05, 3.63) is 17.3 Å². The van der Waals surface area contributed by atoms with E-state index in [4.69, 9.17) is 4.74 Å². The Hall–Kier alpha value is -2.37. The standard InChI is InChI=1S/C23H35FN6O4/c1-16-26-20(11-25-23(32)18(12-30(33)15-31)10-17-4-2-3-5-17)21(24)22(27-16)29-7-6-28-8-9-34-14-19(28)13-29/h15,17-19,33H,2-14H2,1H3,(H,25,32)/t18-,19+/m1/s1. The zero-order chi connectivity index (χ0) is 24.1. The topological polar surface area (TPSA) is 111 Å². The Kier molecular flexibility index (Phi) is 8.28. The second-order valence-electron chi connectivity index (χ2n) is 9.59. The van der Waals surface area contributed by atoms with Gasteiger partial charge in [-0.25, -0.2) is 19.4 Å². The van der Waals surface area contributed by atoms with Crippen LogP contribution in [0.5, 0.6) is 0 Å². The van der Waals surface area contributed by atoms with Gasteiger partial charge < -0.3 is 15.0 Å². The maximum absolute atomic E-state index is 15.4. The normalized spacial score (nSPS) is 22.3. The Labute approximate surface area is 199 Å². The molecule has 10 nitrogen and oxygen atoms in total. The van der Waals surface area contributed by atoms with Gasteiger partial charge in [0.15, 0.2) is 11.6 Å². The Balaban J connectivity index is 1.42. The summed E-state index contributed by atoms with van der Waals surface area (Å²) in [5.74, 6) is -0.330. The first-order valence-electron chi connectivity index (χ1n) is 12.2. The number of nitrogens with one attached hydrogen (secondary N) is 1. The number of amides is 2. The molecule has 11 heteroatoms. The number of hydroxylamine groups is 2. The maximum atomic E-state index is 15.4. The Morgan fingerprint density at radius 3 is 2.88 bits per heavy atom. The third-order valence-corrected chi connectivity index (χ3v) is 7.17. The first-order chi connectivity index (χ1) is 16.4. The fourth-order valence-corrected chi connectivity index (χ4v) is 5.36. The summed E-state index contributed by atoms with van der Waals surface area (Å²) in [5, 5.41) is 12.9. The SMILES string of the molecule is Cc1nc(CNC(=O)[C@H](CC2CCCC2)CN(O)C=O)c(F)c(N2CCN3CCOC[C@@H]3C2)n1. The summed E-state index contributed by atoms with van der Waals surface area (Å²) in [5.41, 5.74) is 0.133. The van der Waals surface area contributed by atoms with Crippen molar-refractivity contribution >= 4 is 18.1 Å². The summed E-state index contributed by atoms with van der Waals surface area (Å²) in [6.45, 7) is 5.89. The first-order valence-corrected chi connectivity index (χ1v) is 12.2. The van der Waals surface area contributed by atoms with Gasteiger partial charge in [0, 0.05) is 26.2 Å². The summed E-state index contributed by atoms with van der Waals surface area (Å²) in [6.07, 6.45) is 5.22. The lowest BCUT2D eigenvalue weighted by Crippen LogP contribution is -2.58. The number of aryl methyl sites for hydroxylation is 1. The van der Waals surface area contributed by atoms with Crippen molar-refractivity contribution < 1.29 is 23.9 Å². The number of morpholine rings is 1. The molecule has 0 spiro atoms. The number of ether oxygens (including phenoxy) is 1. The van der Waals surface area contributed by atoms with Crippen molar-refractivity contribution in [1.29, 1.82) is 0 Å². The zero-order valence-electron chi connectivity index (χ0n) is 19.8. The highest BCUT2D eigenvalue weighted by molar-refractivity contribution is 5.79. The van der Waals surface area contributed by atoms with Crippen LogP contribution in [-0.2, 0) is 20.9 Å². The van der Waals surface area contributed by atoms with Crippen LogP contribution in [0.4, 0.5) is 10.2 Å². The molecular weight excluding hydrogens is 443 g/mol. The number of carbonyl (C=O) groups is 2. The molecule has 0 bridgehead atoms. The average molecular weight is 479 g/mol. The third-order valence-electron chi connectivity index (χ3n) is 7.17. The van der Waals surface area contributed by atoms with Gasteiger partial charge in [-0.2, -0.15) is 0 Å². The van der Waals surface area contributed by atoms with E-state index in [0.29, 0.717) is 49.3 Å². The first kappa shape index (κ1) is 24.7. The van der Waals surface area contributed by atoms with E-state index in [2.05, 4.69) is 20.2 Å². The molecule has 1 saturated carbocycles. The molecule has 0 radical (unpaired) electrons. The minimum absolute atomic E-state index is 0.0821. The molecule has 3 fully saturated rings. The number of aromatic nitrogens is 2. The molecule has 34 heavy (non-hydrogen) atoms. The van der Waals surface area contributed by atoms with Crippen molar-refractivity contribution in [3.63, 3.8) is 0 Å². The van der Waals surface area contributed by atoms with E-state index in [1.807, 2.05) is 4.90 Å². The third kappa shape index (κ3) is 6.00. The predicted octanol–water partition coefficient (Wildman–Crippen LogP) is 1.11. The molecule has 3 heterocycles. The van der Waals surface area contributed by atoms with Crippen molar-refractivity contribution in [2.45, 2.75) is 51.6 Å². The van der Waals surface area contributed by atoms with Crippen LogP contribution in [0.15, 0.2) is 0 Å². The van der Waals surface area contributed by atoms with Crippen LogP contribution >= 0.6 is 0 Å². The van der Waals surface area contributed by atoms with Gasteiger partial charge in [-0.3, -0.25) is 19.7 Å². The molecule has 2 N–H and O–H groups in total. The van der Waals surface area contributed by atoms with Crippen LogP contribution in [0.1, 0.15) is 43.6 Å². The molecular formula is C23H35FN6O4. The number of halogens is 1. The summed E-state index contributed by atoms with van der Waals surface area (Å²) in [7, 11) is 0. The molecule has 1 aromatic rings. The lowest BCUT2D eigenvalue weighted by molar-refractivity contribution is -0.155. The molecule has 188 valence electrons. The molecule has 1 aliphatic carbocycles. The second-order valence-corrected chi connectivity index (χ2v) is 9.59. The van der Waals surface area contributed by atoms with E-state index >= 15 is 4.39 Å². The largest absolute Gasteiger partial charge is 0.378 e. The summed E-state index contributed by atoms with van der Waals surface area (Å²) in [6, 6.07) is 0.205. The molecule has 4 rings (SSSR count). The fraction of sp³-hybridized carbons (Fsp3) is 0.739. The average Bonchev–Trinajstić information content (AvgIpc) is 3.36. The van der Waals surface area contributed by atoms with Crippen LogP contribution in [0.25, 0.3) is 0 Å². The molecule has 1 aromatic heterocycles. The zero-order valence-corrected chi connectivity index (χ0v) is 19.8. The van der Waals surface area contributed by atoms with Crippen molar-refractivity contribution in [2.24, 2.45) is 11.8 Å². The van der Waals surface area contributed by atoms with Crippen LogP contribution in [0, 0.1) is 24.6 Å². The van der Waals surface area contributed by atoms with Crippen LogP contribution in [0.3, 0.4) is 0 Å². The maximum Gasteiger partial charge on any atom is 0.233 e. The highest BCUT2D eigenvalue weighted by atomic mass is 19.1. The lowest BCUT2D eigenvalue weighted by Gasteiger charge is -2.44. The Morgan fingerprint density at radius 2 is 2.12 bits per heavy atom. The highest BCUT2D eigenvalue weighted by Gasteiger charge is 2.32. The summed E-state index contributed by atoms with van der Waals surface area (Å²) in [4.78, 5) is 36.7. The number of fused-ring (bicyclic) bond motifs is 1. The Morgan fingerprint density at radius 1 is 1.32 bits per heavy atom. The van der Waals surface area contributed by atoms with Gasteiger partial charge >= 0.3 is 0 Å². The van der Waals surface area contributed by atoms with Crippen molar-refractivity contribution in [3.8, 4) is 0 Å². The van der Waals surface area contributed by atoms with Gasteiger partial charge in [0.2, 0.25) is 12.3 Å². The monoisotopic (exact) mass is 478 g/mol. The number of rotatable bonds is 9. The van der Waals surface area contributed by atoms with Gasteiger partial charge in [-0.15, -0.1) is 0 Å². The van der Waals surface area contributed by atoms with Gasteiger partial charge in [0.05, 0.1) is 38.3 Å². The quantitative estimate of drug-likeness (QED) is 0.309. The number of nitrogens with zero attached hydrogens (tertiary/aromatic N) is 5. The number of hydrogen-bond acceptors (Lipinski definition) is 8. The molecule has 0 aromatic carbocycles. The summed E-state index contributed by atoms with van der Waals surface area (Å²) < 4.78 is 21.0. The minimum atomic E-state index is -0.567. The number of piperazine rings is 1. The van der Waals surface area contributed by atoms with E-state index in [9.17, 15) is 14.8 Å². The summed E-state index contributed by atoms with van der Waals surface area (Å²) >= 11 is 0. The molecule has 2 atom stereocenters. The lowest BCUT2D eigenvalue weighted by atomic mass is 9.92. The van der Waals surface area contributed by atoms with Crippen LogP contribution < -0.4 is 10.2 Å². The highest BCUT2D eigenvalue weighted by Crippen LogP contribution is 2.31. The van der Waals surface area contributed by atoms with E-state index in [1.54, 1.807) is 6.92 Å². The second kappa shape index (κ2) is 11.4. The van der Waals surface area contributed by atoms with Crippen molar-refractivity contribution in [1.82, 2.24) is 25.2 Å². The van der Waals surface area contributed by atoms with E-state index in [1.165, 1.54) is 0 Å². The number of anilines is 1. The van der Waals surface area contributed by atoms with Gasteiger partial charge in [-0.05, 0) is 19.3 Å².